The number of H-pyrrole nitrogens is 1. The second-order valence-corrected chi connectivity index (χ2v) is 4.82. The Balaban J connectivity index is 2.47. The van der Waals surface area contributed by atoms with Crippen molar-refractivity contribution < 1.29 is 13.2 Å². The lowest BCUT2D eigenvalue weighted by Gasteiger charge is -2.11. The molecule has 0 saturated heterocycles. The Labute approximate surface area is 121 Å². The largest absolute Gasteiger partial charge is 0.418 e. The van der Waals surface area contributed by atoms with E-state index in [1.54, 1.807) is 12.1 Å². The molecule has 0 radical (unpaired) electrons. The number of nitrogens with zero attached hydrogens (tertiary/aromatic N) is 1. The normalized spacial score (nSPS) is 12.0. The number of aromatic nitrogens is 2. The molecule has 21 heavy (non-hydrogen) atoms. The Morgan fingerprint density at radius 3 is 2.43 bits per heavy atom. The van der Waals surface area contributed by atoms with Gasteiger partial charge in [0.2, 0.25) is 0 Å². The molecule has 0 unspecified atom stereocenters. The molecule has 1 N–H and O–H groups in total. The van der Waals surface area contributed by atoms with Crippen molar-refractivity contribution in [2.45, 2.75) is 6.18 Å². The molecule has 0 aliphatic carbocycles. The Morgan fingerprint density at radius 2 is 1.76 bits per heavy atom. The molecular formula is C14H8ClF3N2O. The molecule has 1 heterocycles. The highest BCUT2D eigenvalue weighted by molar-refractivity contribution is 6.32. The van der Waals surface area contributed by atoms with Crippen molar-refractivity contribution >= 4 is 22.6 Å². The van der Waals surface area contributed by atoms with E-state index in [0.29, 0.717) is 0 Å². The van der Waals surface area contributed by atoms with E-state index in [-0.39, 0.29) is 21.7 Å². The van der Waals surface area contributed by atoms with Crippen LogP contribution in [0.25, 0.3) is 16.7 Å². The molecule has 3 nitrogen and oxygen atoms in total. The number of benzene rings is 2. The van der Waals surface area contributed by atoms with Crippen LogP contribution in [0.1, 0.15) is 5.56 Å². The van der Waals surface area contributed by atoms with Crippen molar-refractivity contribution in [3.8, 4) is 5.69 Å². The Kier molecular flexibility index (Phi) is 3.06. The fourth-order valence-corrected chi connectivity index (χ4v) is 2.47. The van der Waals surface area contributed by atoms with E-state index < -0.39 is 17.4 Å². The fraction of sp³-hybridized carbons (Fsp3) is 0.0714. The molecule has 108 valence electrons. The number of rotatable bonds is 1. The summed E-state index contributed by atoms with van der Waals surface area (Å²) in [6, 6.07) is 9.84. The number of nitrogens with one attached hydrogen (secondary N) is 1. The molecule has 0 saturated carbocycles. The molecule has 2 aromatic carbocycles. The molecule has 0 aliphatic rings. The highest BCUT2D eigenvalue weighted by Gasteiger charge is 2.34. The van der Waals surface area contributed by atoms with Crippen LogP contribution in [0.15, 0.2) is 47.3 Å². The van der Waals surface area contributed by atoms with Gasteiger partial charge in [-0.25, -0.2) is 4.79 Å². The van der Waals surface area contributed by atoms with Crippen molar-refractivity contribution in [3.05, 3.63) is 63.5 Å². The van der Waals surface area contributed by atoms with Crippen LogP contribution in [-0.4, -0.2) is 9.55 Å². The zero-order chi connectivity index (χ0) is 15.2. The SMILES string of the molecule is O=c1[nH]c2cccc(C(F)(F)F)c2n1-c1ccccc1Cl. The quantitative estimate of drug-likeness (QED) is 0.725. The minimum atomic E-state index is -4.57. The van der Waals surface area contributed by atoms with Gasteiger partial charge in [-0.3, -0.25) is 4.57 Å². The molecule has 0 atom stereocenters. The van der Waals surface area contributed by atoms with Crippen LogP contribution < -0.4 is 5.69 Å². The molecule has 3 rings (SSSR count). The summed E-state index contributed by atoms with van der Waals surface area (Å²) in [4.78, 5) is 14.5. The summed E-state index contributed by atoms with van der Waals surface area (Å²) in [5.41, 5.74) is -1.49. The predicted molar refractivity (Wildman–Crippen MR) is 73.9 cm³/mol. The lowest BCUT2D eigenvalue weighted by Crippen LogP contribution is -2.17. The Morgan fingerprint density at radius 1 is 1.05 bits per heavy atom. The van der Waals surface area contributed by atoms with E-state index in [2.05, 4.69) is 4.98 Å². The molecule has 0 spiro atoms. The van der Waals surface area contributed by atoms with Gasteiger partial charge in [0, 0.05) is 0 Å². The van der Waals surface area contributed by atoms with Crippen LogP contribution in [0, 0.1) is 0 Å². The third kappa shape index (κ3) is 2.21. The average molecular weight is 313 g/mol. The van der Waals surface area contributed by atoms with Crippen LogP contribution in [0.3, 0.4) is 0 Å². The number of alkyl halides is 3. The summed E-state index contributed by atoms with van der Waals surface area (Å²) in [5, 5.41) is 0.192. The molecule has 1 aromatic heterocycles. The van der Waals surface area contributed by atoms with Crippen molar-refractivity contribution in [1.82, 2.24) is 9.55 Å². The number of imidazole rings is 1. The van der Waals surface area contributed by atoms with Crippen molar-refractivity contribution in [2.24, 2.45) is 0 Å². The van der Waals surface area contributed by atoms with E-state index in [4.69, 9.17) is 11.6 Å². The number of hydrogen-bond donors (Lipinski definition) is 1. The number of hydrogen-bond acceptors (Lipinski definition) is 1. The zero-order valence-corrected chi connectivity index (χ0v) is 11.2. The van der Waals surface area contributed by atoms with Crippen LogP contribution in [0.4, 0.5) is 13.2 Å². The number of halogens is 4. The maximum absolute atomic E-state index is 13.2. The lowest BCUT2D eigenvalue weighted by molar-refractivity contribution is -0.136. The minimum absolute atomic E-state index is 0.106. The molecule has 7 heteroatoms. The van der Waals surface area contributed by atoms with Gasteiger partial charge >= 0.3 is 11.9 Å². The van der Waals surface area contributed by atoms with E-state index in [0.717, 1.165) is 10.6 Å². The van der Waals surface area contributed by atoms with E-state index in [1.807, 2.05) is 0 Å². The smallest absolute Gasteiger partial charge is 0.305 e. The maximum Gasteiger partial charge on any atom is 0.418 e. The highest BCUT2D eigenvalue weighted by Crippen LogP contribution is 2.35. The van der Waals surface area contributed by atoms with E-state index in [9.17, 15) is 18.0 Å². The fourth-order valence-electron chi connectivity index (χ4n) is 2.25. The highest BCUT2D eigenvalue weighted by atomic mass is 35.5. The first kappa shape index (κ1) is 13.8. The van der Waals surface area contributed by atoms with Gasteiger partial charge in [-0.05, 0) is 24.3 Å². The van der Waals surface area contributed by atoms with Crippen LogP contribution in [0.5, 0.6) is 0 Å². The molecule has 3 aromatic rings. The molecule has 0 bridgehead atoms. The van der Waals surface area contributed by atoms with Gasteiger partial charge in [-0.2, -0.15) is 13.2 Å². The molecule has 0 fully saturated rings. The number of aromatic amines is 1. The summed E-state index contributed by atoms with van der Waals surface area (Å²) in [7, 11) is 0. The van der Waals surface area contributed by atoms with E-state index in [1.165, 1.54) is 24.3 Å². The first-order valence-electron chi connectivity index (χ1n) is 5.95. The van der Waals surface area contributed by atoms with Gasteiger partial charge in [0.25, 0.3) is 0 Å². The van der Waals surface area contributed by atoms with Gasteiger partial charge in [0.1, 0.15) is 0 Å². The van der Waals surface area contributed by atoms with Crippen molar-refractivity contribution in [2.75, 3.05) is 0 Å². The van der Waals surface area contributed by atoms with Gasteiger partial charge in [0.15, 0.2) is 0 Å². The van der Waals surface area contributed by atoms with E-state index >= 15 is 0 Å². The van der Waals surface area contributed by atoms with Gasteiger partial charge in [-0.1, -0.05) is 29.8 Å². The average Bonchev–Trinajstić information content (AvgIpc) is 2.74. The van der Waals surface area contributed by atoms with Gasteiger partial charge in [-0.15, -0.1) is 0 Å². The number of para-hydroxylation sites is 2. The Bertz CT molecular complexity index is 880. The topological polar surface area (TPSA) is 37.8 Å². The monoisotopic (exact) mass is 312 g/mol. The summed E-state index contributed by atoms with van der Waals surface area (Å²) in [6.45, 7) is 0. The first-order chi connectivity index (χ1) is 9.89. The standard InChI is InChI=1S/C14H8ClF3N2O/c15-9-5-1-2-7-11(9)20-12-8(14(16,17)18)4-3-6-10(12)19-13(20)21/h1-7H,(H,19,21). The van der Waals surface area contributed by atoms with Gasteiger partial charge < -0.3 is 4.98 Å². The predicted octanol–water partition coefficient (Wildman–Crippen LogP) is 3.99. The second-order valence-electron chi connectivity index (χ2n) is 4.42. The molecule has 0 amide bonds. The maximum atomic E-state index is 13.2. The third-order valence-electron chi connectivity index (χ3n) is 3.10. The summed E-state index contributed by atoms with van der Waals surface area (Å²) in [6.07, 6.45) is -4.57. The minimum Gasteiger partial charge on any atom is -0.305 e. The van der Waals surface area contributed by atoms with Crippen LogP contribution >= 0.6 is 11.6 Å². The van der Waals surface area contributed by atoms with Crippen molar-refractivity contribution in [3.63, 3.8) is 0 Å². The third-order valence-corrected chi connectivity index (χ3v) is 3.42. The van der Waals surface area contributed by atoms with Gasteiger partial charge in [0.05, 0.1) is 27.3 Å². The first-order valence-corrected chi connectivity index (χ1v) is 6.33. The lowest BCUT2D eigenvalue weighted by atomic mass is 10.1. The van der Waals surface area contributed by atoms with Crippen molar-refractivity contribution in [1.29, 1.82) is 0 Å². The number of fused-ring (bicyclic) bond motifs is 1. The summed E-state index contributed by atoms with van der Waals surface area (Å²) >= 11 is 6.00. The zero-order valence-electron chi connectivity index (χ0n) is 10.4. The summed E-state index contributed by atoms with van der Waals surface area (Å²) in [5.74, 6) is 0. The molecule has 0 aliphatic heterocycles. The Hall–Kier alpha value is -2.21. The van der Waals surface area contributed by atoms with Crippen LogP contribution in [0.2, 0.25) is 5.02 Å². The van der Waals surface area contributed by atoms with Crippen LogP contribution in [-0.2, 0) is 6.18 Å². The molecular weight excluding hydrogens is 305 g/mol. The summed E-state index contributed by atoms with van der Waals surface area (Å²) < 4.78 is 40.4. The second kappa shape index (κ2) is 4.66.